The molecule has 0 amide bonds. The van der Waals surface area contributed by atoms with E-state index in [1.54, 1.807) is 23.0 Å². The topological polar surface area (TPSA) is 56.0 Å². The highest BCUT2D eigenvalue weighted by molar-refractivity contribution is 5.07. The van der Waals surface area contributed by atoms with Gasteiger partial charge < -0.3 is 4.57 Å². The molecule has 1 atom stereocenters. The zero-order valence-electron chi connectivity index (χ0n) is 13.4. The molecule has 0 radical (unpaired) electrons. The Morgan fingerprint density at radius 1 is 1.22 bits per heavy atom. The predicted octanol–water partition coefficient (Wildman–Crippen LogP) is 1.44. The van der Waals surface area contributed by atoms with Crippen molar-refractivity contribution in [2.45, 2.75) is 57.8 Å². The molecule has 1 unspecified atom stereocenters. The van der Waals surface area contributed by atoms with Crippen LogP contribution in [0.25, 0.3) is 0 Å². The number of imidazole rings is 1. The van der Waals surface area contributed by atoms with Gasteiger partial charge in [-0.3, -0.25) is 9.69 Å². The van der Waals surface area contributed by atoms with Crippen LogP contribution in [-0.2, 0) is 26.1 Å². The summed E-state index contributed by atoms with van der Waals surface area (Å²) < 4.78 is 3.90. The molecular formula is C17H23N5O. The number of rotatable bonds is 4. The lowest BCUT2D eigenvalue weighted by Gasteiger charge is -2.23. The van der Waals surface area contributed by atoms with E-state index in [-0.39, 0.29) is 5.56 Å². The number of aromatic nitrogens is 4. The molecule has 0 spiro atoms. The number of nitrogens with zero attached hydrogens (tertiary/aromatic N) is 5. The number of likely N-dealkylation sites (tertiary alicyclic amines) is 1. The van der Waals surface area contributed by atoms with E-state index in [9.17, 15) is 4.79 Å². The van der Waals surface area contributed by atoms with Gasteiger partial charge in [-0.15, -0.1) is 0 Å². The third-order valence-corrected chi connectivity index (χ3v) is 4.99. The maximum atomic E-state index is 11.9. The summed E-state index contributed by atoms with van der Waals surface area (Å²) in [6.07, 6.45) is 9.83. The molecule has 2 aliphatic heterocycles. The average molecular weight is 313 g/mol. The van der Waals surface area contributed by atoms with E-state index < -0.39 is 0 Å². The van der Waals surface area contributed by atoms with Crippen LogP contribution in [-0.4, -0.2) is 36.8 Å². The summed E-state index contributed by atoms with van der Waals surface area (Å²) in [5.74, 6) is 1.24. The first-order valence-corrected chi connectivity index (χ1v) is 8.61. The number of hydrogen-bond donors (Lipinski definition) is 0. The monoisotopic (exact) mass is 313 g/mol. The van der Waals surface area contributed by atoms with Crippen LogP contribution in [0.3, 0.4) is 0 Å². The second-order valence-corrected chi connectivity index (χ2v) is 6.61. The first kappa shape index (κ1) is 14.6. The minimum atomic E-state index is -0.0168. The molecule has 2 aromatic heterocycles. The number of aryl methyl sites for hydroxylation is 2. The second kappa shape index (κ2) is 6.28. The fourth-order valence-electron chi connectivity index (χ4n) is 3.79. The average Bonchev–Trinajstić information content (AvgIpc) is 3.16. The molecule has 1 saturated heterocycles. The lowest BCUT2D eigenvalue weighted by atomic mass is 10.2. The summed E-state index contributed by atoms with van der Waals surface area (Å²) in [7, 11) is 0. The minimum Gasteiger partial charge on any atom is -0.335 e. The van der Waals surface area contributed by atoms with Crippen molar-refractivity contribution in [1.29, 1.82) is 0 Å². The van der Waals surface area contributed by atoms with Crippen molar-refractivity contribution in [2.24, 2.45) is 0 Å². The Kier molecular flexibility index (Phi) is 3.99. The molecule has 1 fully saturated rings. The highest BCUT2D eigenvalue weighted by Gasteiger charge is 2.26. The highest BCUT2D eigenvalue weighted by atomic mass is 16.1. The van der Waals surface area contributed by atoms with Gasteiger partial charge in [0, 0.05) is 44.0 Å². The highest BCUT2D eigenvalue weighted by Crippen LogP contribution is 2.22. The summed E-state index contributed by atoms with van der Waals surface area (Å²) in [6, 6.07) is 3.65. The van der Waals surface area contributed by atoms with Gasteiger partial charge in [0.25, 0.3) is 5.56 Å². The largest absolute Gasteiger partial charge is 0.335 e. The molecule has 23 heavy (non-hydrogen) atoms. The normalized spacial score (nSPS) is 21.5. The van der Waals surface area contributed by atoms with E-state index in [2.05, 4.69) is 20.8 Å². The van der Waals surface area contributed by atoms with Crippen LogP contribution in [0.4, 0.5) is 0 Å². The Morgan fingerprint density at radius 2 is 2.17 bits per heavy atom. The molecule has 122 valence electrons. The van der Waals surface area contributed by atoms with Crippen LogP contribution in [0.2, 0.25) is 0 Å². The van der Waals surface area contributed by atoms with Crippen LogP contribution in [0.5, 0.6) is 0 Å². The van der Waals surface area contributed by atoms with E-state index in [4.69, 9.17) is 4.98 Å². The van der Waals surface area contributed by atoms with Crippen molar-refractivity contribution in [3.63, 3.8) is 0 Å². The van der Waals surface area contributed by atoms with Crippen molar-refractivity contribution >= 4 is 0 Å². The molecule has 6 nitrogen and oxygen atoms in total. The van der Waals surface area contributed by atoms with Gasteiger partial charge in [0.05, 0.1) is 12.2 Å². The molecule has 2 aliphatic rings. The Labute approximate surface area is 135 Å². The van der Waals surface area contributed by atoms with Crippen LogP contribution in [0, 0.1) is 0 Å². The van der Waals surface area contributed by atoms with E-state index in [1.165, 1.54) is 30.8 Å². The van der Waals surface area contributed by atoms with Crippen molar-refractivity contribution in [2.75, 3.05) is 6.54 Å². The third-order valence-electron chi connectivity index (χ3n) is 4.99. The Hall–Kier alpha value is -1.95. The Morgan fingerprint density at radius 3 is 3.04 bits per heavy atom. The third kappa shape index (κ3) is 3.08. The van der Waals surface area contributed by atoms with Gasteiger partial charge in [-0.05, 0) is 38.3 Å². The summed E-state index contributed by atoms with van der Waals surface area (Å²) in [5, 5.41) is 4.19. The summed E-state index contributed by atoms with van der Waals surface area (Å²) in [5.41, 5.74) is 1.15. The number of fused-ring (bicyclic) bond motifs is 1. The lowest BCUT2D eigenvalue weighted by molar-refractivity contribution is 0.214. The summed E-state index contributed by atoms with van der Waals surface area (Å²) in [4.78, 5) is 19.1. The first-order valence-electron chi connectivity index (χ1n) is 8.61. The Bertz CT molecular complexity index is 711. The van der Waals surface area contributed by atoms with Crippen molar-refractivity contribution < 1.29 is 0 Å². The molecule has 0 aromatic carbocycles. The van der Waals surface area contributed by atoms with Crippen molar-refractivity contribution in [1.82, 2.24) is 24.2 Å². The van der Waals surface area contributed by atoms with Gasteiger partial charge in [-0.2, -0.15) is 5.10 Å². The molecule has 2 aromatic rings. The maximum absolute atomic E-state index is 11.9. The predicted molar refractivity (Wildman–Crippen MR) is 87.1 cm³/mol. The molecular weight excluding hydrogens is 290 g/mol. The van der Waals surface area contributed by atoms with E-state index >= 15 is 0 Å². The molecule has 0 aliphatic carbocycles. The summed E-state index contributed by atoms with van der Waals surface area (Å²) in [6.45, 7) is 3.74. The fraction of sp³-hybridized carbons (Fsp3) is 0.588. The van der Waals surface area contributed by atoms with Gasteiger partial charge in [0.15, 0.2) is 0 Å². The van der Waals surface area contributed by atoms with E-state index in [0.717, 1.165) is 32.5 Å². The van der Waals surface area contributed by atoms with Crippen molar-refractivity contribution in [3.8, 4) is 0 Å². The Balaban J connectivity index is 1.46. The van der Waals surface area contributed by atoms with E-state index in [1.807, 2.05) is 0 Å². The van der Waals surface area contributed by atoms with E-state index in [0.29, 0.717) is 12.6 Å². The standard InChI is InChI=1S/C17H23N5O/c23-17-7-3-8-18-22(17)13-15-5-4-10-20(15)11-14-12-21-9-2-1-6-16(21)19-14/h3,7-8,12,15H,1-2,4-6,9-11,13H2. The minimum absolute atomic E-state index is 0.0168. The zero-order chi connectivity index (χ0) is 15.6. The smallest absolute Gasteiger partial charge is 0.266 e. The first-order chi connectivity index (χ1) is 11.3. The molecule has 0 N–H and O–H groups in total. The lowest BCUT2D eigenvalue weighted by Crippen LogP contribution is -2.36. The van der Waals surface area contributed by atoms with Crippen molar-refractivity contribution in [3.05, 3.63) is 46.4 Å². The van der Waals surface area contributed by atoms with Gasteiger partial charge in [-0.1, -0.05) is 0 Å². The maximum Gasteiger partial charge on any atom is 0.266 e. The zero-order valence-corrected chi connectivity index (χ0v) is 13.4. The fourth-order valence-corrected chi connectivity index (χ4v) is 3.79. The van der Waals surface area contributed by atoms with Crippen LogP contribution in [0.1, 0.15) is 37.2 Å². The molecule has 6 heteroatoms. The van der Waals surface area contributed by atoms with Gasteiger partial charge in [-0.25, -0.2) is 9.67 Å². The number of hydrogen-bond acceptors (Lipinski definition) is 4. The molecule has 4 rings (SSSR count). The van der Waals surface area contributed by atoms with Crippen LogP contribution in [0.15, 0.2) is 29.3 Å². The second-order valence-electron chi connectivity index (χ2n) is 6.61. The molecule has 0 bridgehead atoms. The quantitative estimate of drug-likeness (QED) is 0.857. The molecule has 0 saturated carbocycles. The van der Waals surface area contributed by atoms with Gasteiger partial charge in [0.2, 0.25) is 0 Å². The van der Waals surface area contributed by atoms with Gasteiger partial charge in [0.1, 0.15) is 5.82 Å². The van der Waals surface area contributed by atoms with Crippen LogP contribution < -0.4 is 5.56 Å². The van der Waals surface area contributed by atoms with Crippen LogP contribution >= 0.6 is 0 Å². The van der Waals surface area contributed by atoms with Gasteiger partial charge >= 0.3 is 0 Å². The molecule has 4 heterocycles. The summed E-state index contributed by atoms with van der Waals surface area (Å²) >= 11 is 0. The SMILES string of the molecule is O=c1cccnn1CC1CCCN1Cc1cn2c(n1)CCCC2.